The van der Waals surface area contributed by atoms with Crippen molar-refractivity contribution in [3.05, 3.63) is 82.0 Å². The van der Waals surface area contributed by atoms with Crippen molar-refractivity contribution < 1.29 is 17.6 Å². The number of benzene rings is 3. The summed E-state index contributed by atoms with van der Waals surface area (Å²) in [5, 5.41) is 0.864. The summed E-state index contributed by atoms with van der Waals surface area (Å²) in [6.45, 7) is 0. The molecule has 0 amide bonds. The Hall–Kier alpha value is -3.09. The molecule has 0 radical (unpaired) electrons. The summed E-state index contributed by atoms with van der Waals surface area (Å²) >= 11 is 6.15. The van der Waals surface area contributed by atoms with Crippen LogP contribution in [0.2, 0.25) is 5.02 Å². The van der Waals surface area contributed by atoms with E-state index in [4.69, 9.17) is 20.8 Å². The molecule has 0 saturated heterocycles. The maximum atomic E-state index is 13.4. The van der Waals surface area contributed by atoms with Gasteiger partial charge in [-0.2, -0.15) is 0 Å². The van der Waals surface area contributed by atoms with Crippen LogP contribution in [0, 0.1) is 0 Å². The Morgan fingerprint density at radius 3 is 2.27 bits per heavy atom. The van der Waals surface area contributed by atoms with E-state index in [-0.39, 0.29) is 10.3 Å². The Morgan fingerprint density at radius 2 is 1.60 bits per heavy atom. The topological polar surface area (TPSA) is 73.6 Å². The van der Waals surface area contributed by atoms with Crippen LogP contribution in [0.25, 0.3) is 33.4 Å². The van der Waals surface area contributed by atoms with Crippen molar-refractivity contribution in [2.75, 3.05) is 13.4 Å². The van der Waals surface area contributed by atoms with E-state index in [1.54, 1.807) is 54.6 Å². The molecule has 0 fully saturated rings. The standard InChI is InChI=1S/C23H17ClO5S/c1-28-20-13-15(9-12-18(20)24)21-22(25)17-5-3-4-6-19(17)29-23(21)14-7-10-16(11-8-14)30(2,26)27/h3-13H,1-2H3. The number of methoxy groups -OCH3 is 1. The highest BCUT2D eigenvalue weighted by Crippen LogP contribution is 2.36. The summed E-state index contributed by atoms with van der Waals surface area (Å²) in [6.07, 6.45) is 1.14. The average molecular weight is 441 g/mol. The molecule has 0 N–H and O–H groups in total. The van der Waals surface area contributed by atoms with Gasteiger partial charge in [0.05, 0.1) is 28.0 Å². The molecule has 0 saturated carbocycles. The summed E-state index contributed by atoms with van der Waals surface area (Å²) in [5.41, 5.74) is 1.74. The number of ether oxygens (including phenoxy) is 1. The average Bonchev–Trinajstić information content (AvgIpc) is 2.74. The third-order valence-corrected chi connectivity index (χ3v) is 6.22. The van der Waals surface area contributed by atoms with Crippen LogP contribution in [0.5, 0.6) is 5.75 Å². The van der Waals surface area contributed by atoms with Crippen molar-refractivity contribution in [1.82, 2.24) is 0 Å². The maximum absolute atomic E-state index is 13.4. The number of hydrogen-bond acceptors (Lipinski definition) is 5. The number of sulfone groups is 1. The molecular weight excluding hydrogens is 424 g/mol. The van der Waals surface area contributed by atoms with Crippen molar-refractivity contribution >= 4 is 32.4 Å². The lowest BCUT2D eigenvalue weighted by molar-refractivity contribution is 0.415. The van der Waals surface area contributed by atoms with E-state index in [1.165, 1.54) is 19.2 Å². The Bertz CT molecular complexity index is 1420. The summed E-state index contributed by atoms with van der Waals surface area (Å²) in [6, 6.07) is 18.3. The van der Waals surface area contributed by atoms with Crippen LogP contribution in [0.3, 0.4) is 0 Å². The molecule has 30 heavy (non-hydrogen) atoms. The first-order valence-corrected chi connectivity index (χ1v) is 11.3. The summed E-state index contributed by atoms with van der Waals surface area (Å²) in [4.78, 5) is 13.6. The van der Waals surface area contributed by atoms with Gasteiger partial charge < -0.3 is 9.15 Å². The number of rotatable bonds is 4. The lowest BCUT2D eigenvalue weighted by Gasteiger charge is -2.12. The highest BCUT2D eigenvalue weighted by atomic mass is 35.5. The number of hydrogen-bond donors (Lipinski definition) is 0. The summed E-state index contributed by atoms with van der Waals surface area (Å²) in [5.74, 6) is 0.767. The van der Waals surface area contributed by atoms with Crippen LogP contribution in [0.1, 0.15) is 0 Å². The fourth-order valence-electron chi connectivity index (χ4n) is 3.28. The summed E-state index contributed by atoms with van der Waals surface area (Å²) < 4.78 is 35.0. The first-order chi connectivity index (χ1) is 14.3. The Labute approximate surface area is 178 Å². The van der Waals surface area contributed by atoms with Gasteiger partial charge in [-0.3, -0.25) is 4.79 Å². The minimum Gasteiger partial charge on any atom is -0.495 e. The quantitative estimate of drug-likeness (QED) is 0.436. The summed E-state index contributed by atoms with van der Waals surface area (Å²) in [7, 11) is -1.85. The number of para-hydroxylation sites is 1. The molecule has 0 atom stereocenters. The number of halogens is 1. The zero-order valence-electron chi connectivity index (χ0n) is 16.2. The van der Waals surface area contributed by atoms with Crippen molar-refractivity contribution in [2.45, 2.75) is 4.90 Å². The van der Waals surface area contributed by atoms with Crippen molar-refractivity contribution in [3.8, 4) is 28.2 Å². The molecule has 4 rings (SSSR count). The normalized spacial score (nSPS) is 11.6. The largest absolute Gasteiger partial charge is 0.495 e. The van der Waals surface area contributed by atoms with Crippen molar-refractivity contribution in [1.29, 1.82) is 0 Å². The third kappa shape index (κ3) is 3.60. The van der Waals surface area contributed by atoms with Crippen molar-refractivity contribution in [2.24, 2.45) is 0 Å². The molecule has 3 aromatic carbocycles. The predicted molar refractivity (Wildman–Crippen MR) is 118 cm³/mol. The van der Waals surface area contributed by atoms with E-state index in [0.29, 0.717) is 44.2 Å². The molecule has 0 bridgehead atoms. The van der Waals surface area contributed by atoms with Crippen molar-refractivity contribution in [3.63, 3.8) is 0 Å². The predicted octanol–water partition coefficient (Wildman–Crippen LogP) is 5.19. The highest BCUT2D eigenvalue weighted by Gasteiger charge is 2.19. The molecule has 5 nitrogen and oxygen atoms in total. The van der Waals surface area contributed by atoms with Crippen LogP contribution in [0.15, 0.2) is 80.8 Å². The van der Waals surface area contributed by atoms with Gasteiger partial charge in [0.15, 0.2) is 9.84 Å². The fraction of sp³-hybridized carbons (Fsp3) is 0.0870. The molecule has 4 aromatic rings. The Kier molecular flexibility index (Phi) is 5.13. The Balaban J connectivity index is 2.04. The molecule has 1 aromatic heterocycles. The minimum absolute atomic E-state index is 0.184. The van der Waals surface area contributed by atoms with Gasteiger partial charge in [0.2, 0.25) is 5.43 Å². The van der Waals surface area contributed by atoms with Crippen LogP contribution in [0.4, 0.5) is 0 Å². The first-order valence-electron chi connectivity index (χ1n) is 9.00. The van der Waals surface area contributed by atoms with Gasteiger partial charge in [0.1, 0.15) is 17.1 Å². The van der Waals surface area contributed by atoms with Gasteiger partial charge in [0, 0.05) is 11.8 Å². The van der Waals surface area contributed by atoms with Crippen LogP contribution < -0.4 is 10.2 Å². The van der Waals surface area contributed by atoms with Crippen LogP contribution in [-0.4, -0.2) is 21.8 Å². The van der Waals surface area contributed by atoms with Crippen LogP contribution in [-0.2, 0) is 9.84 Å². The molecule has 0 aliphatic rings. The number of fused-ring (bicyclic) bond motifs is 1. The minimum atomic E-state index is -3.34. The van der Waals surface area contributed by atoms with E-state index in [9.17, 15) is 13.2 Å². The Morgan fingerprint density at radius 1 is 0.933 bits per heavy atom. The lowest BCUT2D eigenvalue weighted by Crippen LogP contribution is -2.07. The molecule has 1 heterocycles. The fourth-order valence-corrected chi connectivity index (χ4v) is 4.10. The van der Waals surface area contributed by atoms with Gasteiger partial charge in [-0.25, -0.2) is 8.42 Å². The molecule has 0 aliphatic carbocycles. The van der Waals surface area contributed by atoms with E-state index in [0.717, 1.165) is 6.26 Å². The van der Waals surface area contributed by atoms with E-state index in [2.05, 4.69) is 0 Å². The van der Waals surface area contributed by atoms with Gasteiger partial charge in [-0.1, -0.05) is 29.8 Å². The third-order valence-electron chi connectivity index (χ3n) is 4.78. The molecule has 0 unspecified atom stereocenters. The second kappa shape index (κ2) is 7.63. The zero-order valence-corrected chi connectivity index (χ0v) is 17.8. The lowest BCUT2D eigenvalue weighted by atomic mass is 9.98. The zero-order chi connectivity index (χ0) is 21.5. The SMILES string of the molecule is COc1cc(-c2c(-c3ccc(S(C)(=O)=O)cc3)oc3ccccc3c2=O)ccc1Cl. The monoisotopic (exact) mass is 440 g/mol. The maximum Gasteiger partial charge on any atom is 0.201 e. The second-order valence-electron chi connectivity index (χ2n) is 6.78. The second-order valence-corrected chi connectivity index (χ2v) is 9.20. The molecular formula is C23H17ClO5S. The highest BCUT2D eigenvalue weighted by molar-refractivity contribution is 7.90. The molecule has 152 valence electrons. The van der Waals surface area contributed by atoms with Gasteiger partial charge >= 0.3 is 0 Å². The smallest absolute Gasteiger partial charge is 0.201 e. The van der Waals surface area contributed by atoms with Crippen LogP contribution >= 0.6 is 11.6 Å². The van der Waals surface area contributed by atoms with E-state index in [1.807, 2.05) is 0 Å². The van der Waals surface area contributed by atoms with Gasteiger partial charge in [-0.15, -0.1) is 0 Å². The first kappa shape index (κ1) is 20.2. The molecule has 0 aliphatic heterocycles. The van der Waals surface area contributed by atoms with E-state index < -0.39 is 9.84 Å². The molecule has 7 heteroatoms. The van der Waals surface area contributed by atoms with E-state index >= 15 is 0 Å². The van der Waals surface area contributed by atoms with Gasteiger partial charge in [0.25, 0.3) is 0 Å². The molecule has 0 spiro atoms. The van der Waals surface area contributed by atoms with Gasteiger partial charge in [-0.05, 0) is 54.1 Å².